The fourth-order valence-electron chi connectivity index (χ4n) is 7.28. The number of ketones is 3. The van der Waals surface area contributed by atoms with Gasteiger partial charge in [-0.25, -0.2) is 0 Å². The van der Waals surface area contributed by atoms with Crippen molar-refractivity contribution in [3.05, 3.63) is 51.6 Å². The number of rotatable bonds is 7. The number of carbonyl (C=O) groups is 3. The average Bonchev–Trinajstić information content (AvgIpc) is 3.52. The van der Waals surface area contributed by atoms with Crippen molar-refractivity contribution in [1.29, 1.82) is 0 Å². The predicted octanol–water partition coefficient (Wildman–Crippen LogP) is 1.57. The number of aliphatic hydroxyl groups is 3. The lowest BCUT2D eigenvalue weighted by Crippen LogP contribution is -2.56. The van der Waals surface area contributed by atoms with E-state index in [-0.39, 0.29) is 46.5 Å². The Labute approximate surface area is 253 Å². The molecule has 6 N–H and O–H groups in total. The average molecular weight is 612 g/mol. The molecule has 6 atom stereocenters. The molecule has 44 heavy (non-hydrogen) atoms. The van der Waals surface area contributed by atoms with Gasteiger partial charge in [-0.15, -0.1) is 0 Å². The Bertz CT molecular complexity index is 1520. The van der Waals surface area contributed by atoms with E-state index in [1.165, 1.54) is 25.3 Å². The Kier molecular flexibility index (Phi) is 8.02. The van der Waals surface area contributed by atoms with Gasteiger partial charge in [-0.05, 0) is 25.8 Å². The summed E-state index contributed by atoms with van der Waals surface area (Å²) in [5.41, 5.74) is -3.46. The molecule has 0 bridgehead atoms. The quantitative estimate of drug-likeness (QED) is 0.212. The van der Waals surface area contributed by atoms with E-state index in [9.17, 15) is 39.9 Å². The lowest BCUT2D eigenvalue weighted by Gasteiger charge is -2.43. The van der Waals surface area contributed by atoms with Crippen LogP contribution in [0.1, 0.15) is 94.5 Å². The highest BCUT2D eigenvalue weighted by Gasteiger charge is 2.50. The lowest BCUT2D eigenvalue weighted by molar-refractivity contribution is -0.250. The van der Waals surface area contributed by atoms with Gasteiger partial charge in [-0.1, -0.05) is 25.0 Å². The Balaban J connectivity index is 1.43. The van der Waals surface area contributed by atoms with Crippen LogP contribution in [0.3, 0.4) is 0 Å². The minimum Gasteiger partial charge on any atom is -0.507 e. The van der Waals surface area contributed by atoms with E-state index >= 15 is 0 Å². The monoisotopic (exact) mass is 611 g/mol. The molecule has 1 heterocycles. The van der Waals surface area contributed by atoms with Crippen LogP contribution in [-0.4, -0.2) is 92.8 Å². The SMILES string of the molecule is COc1cccc2c1C(=O)c1c(O)c3c(c(O)c1C2=O)C[C@@](O)(C(=O)CO)C[C@@H]3OC1CC(NC2CCCC2)C(O)C(C)O1. The molecule has 12 nitrogen and oxygen atoms in total. The molecule has 236 valence electrons. The van der Waals surface area contributed by atoms with Gasteiger partial charge in [0.1, 0.15) is 29.5 Å². The van der Waals surface area contributed by atoms with Gasteiger partial charge in [0.2, 0.25) is 5.78 Å². The van der Waals surface area contributed by atoms with Gasteiger partial charge in [0.05, 0.1) is 42.1 Å². The predicted molar refractivity (Wildman–Crippen MR) is 153 cm³/mol. The summed E-state index contributed by atoms with van der Waals surface area (Å²) in [5, 5.41) is 58.6. The van der Waals surface area contributed by atoms with Gasteiger partial charge in [-0.3, -0.25) is 14.4 Å². The first-order valence-corrected chi connectivity index (χ1v) is 15.0. The summed E-state index contributed by atoms with van der Waals surface area (Å²) < 4.78 is 17.6. The molecule has 2 fully saturated rings. The molecule has 2 aromatic rings. The van der Waals surface area contributed by atoms with Crippen molar-refractivity contribution >= 4 is 17.3 Å². The van der Waals surface area contributed by atoms with E-state index in [4.69, 9.17) is 14.2 Å². The summed E-state index contributed by atoms with van der Waals surface area (Å²) in [6.07, 6.45) is -0.416. The molecule has 4 aliphatic rings. The third-order valence-corrected chi connectivity index (χ3v) is 9.57. The first-order chi connectivity index (χ1) is 21.0. The zero-order valence-corrected chi connectivity index (χ0v) is 24.5. The summed E-state index contributed by atoms with van der Waals surface area (Å²) in [7, 11) is 1.34. The van der Waals surface area contributed by atoms with Crippen LogP contribution < -0.4 is 10.1 Å². The molecule has 6 rings (SSSR count). The van der Waals surface area contributed by atoms with Crippen molar-refractivity contribution in [3.63, 3.8) is 0 Å². The van der Waals surface area contributed by atoms with E-state index < -0.39 is 89.6 Å². The number of benzene rings is 2. The van der Waals surface area contributed by atoms with Gasteiger partial charge >= 0.3 is 0 Å². The molecular weight excluding hydrogens is 574 g/mol. The number of aliphatic hydroxyl groups excluding tert-OH is 2. The number of methoxy groups -OCH3 is 1. The highest BCUT2D eigenvalue weighted by molar-refractivity contribution is 6.31. The molecule has 12 heteroatoms. The van der Waals surface area contributed by atoms with Crippen LogP contribution in [0.2, 0.25) is 0 Å². The summed E-state index contributed by atoms with van der Waals surface area (Å²) in [5.74, 6) is -3.63. The normalized spacial score (nSPS) is 30.1. The van der Waals surface area contributed by atoms with Crippen LogP contribution in [0.5, 0.6) is 17.2 Å². The second kappa shape index (κ2) is 11.5. The van der Waals surface area contributed by atoms with Crippen LogP contribution >= 0.6 is 0 Å². The van der Waals surface area contributed by atoms with Gasteiger partial charge in [0.15, 0.2) is 17.9 Å². The number of Topliss-reactive ketones (excluding diaryl/α,β-unsaturated/α-hetero) is 1. The molecule has 1 saturated carbocycles. The van der Waals surface area contributed by atoms with Crippen LogP contribution in [0.15, 0.2) is 18.2 Å². The molecule has 3 aliphatic carbocycles. The first kappa shape index (κ1) is 30.6. The van der Waals surface area contributed by atoms with Crippen molar-refractivity contribution in [3.8, 4) is 17.2 Å². The molecule has 1 aliphatic heterocycles. The largest absolute Gasteiger partial charge is 0.507 e. The number of ether oxygens (including phenoxy) is 3. The summed E-state index contributed by atoms with van der Waals surface area (Å²) in [4.78, 5) is 40.3. The van der Waals surface area contributed by atoms with E-state index in [1.807, 2.05) is 0 Å². The minimum atomic E-state index is -2.23. The van der Waals surface area contributed by atoms with Crippen molar-refractivity contribution < 1.29 is 54.1 Å². The summed E-state index contributed by atoms with van der Waals surface area (Å²) >= 11 is 0. The smallest absolute Gasteiger partial charge is 0.202 e. The van der Waals surface area contributed by atoms with Gasteiger partial charge in [0.25, 0.3) is 0 Å². The van der Waals surface area contributed by atoms with Gasteiger partial charge in [-0.2, -0.15) is 0 Å². The number of phenolic OH excluding ortho intramolecular Hbond substituents is 2. The molecule has 0 radical (unpaired) electrons. The number of nitrogens with one attached hydrogen (secondary N) is 1. The number of hydrogen-bond acceptors (Lipinski definition) is 12. The summed E-state index contributed by atoms with van der Waals surface area (Å²) in [6, 6.07) is 4.27. The van der Waals surface area contributed by atoms with Crippen molar-refractivity contribution in [2.75, 3.05) is 13.7 Å². The van der Waals surface area contributed by atoms with Crippen LogP contribution in [0.4, 0.5) is 0 Å². The first-order valence-electron chi connectivity index (χ1n) is 15.0. The molecule has 0 spiro atoms. The third kappa shape index (κ3) is 4.90. The Morgan fingerprint density at radius 1 is 1.09 bits per heavy atom. The van der Waals surface area contributed by atoms with Crippen LogP contribution in [0.25, 0.3) is 0 Å². The maximum Gasteiger partial charge on any atom is 0.202 e. The zero-order chi connectivity index (χ0) is 31.5. The number of fused-ring (bicyclic) bond motifs is 3. The van der Waals surface area contributed by atoms with Crippen molar-refractivity contribution in [1.82, 2.24) is 5.32 Å². The van der Waals surface area contributed by atoms with E-state index in [1.54, 1.807) is 6.92 Å². The standard InChI is InChI=1S/C32H37NO11/c1-14-27(36)18(33-15-6-3-4-7-15)10-22(43-14)44-20-12-32(41,21(35)13-34)11-17-24(20)31(40)26-25(29(17)38)28(37)16-8-5-9-19(42-2)23(16)30(26)39/h5,8-9,14-15,18,20,22,27,33-34,36,38,40-41H,3-4,6-7,10-13H2,1-2H3/t14?,18?,20-,22?,27?,32-/m0/s1. The molecular formula is C32H37NO11. The Hall–Kier alpha value is -3.39. The van der Waals surface area contributed by atoms with Crippen molar-refractivity contribution in [2.24, 2.45) is 0 Å². The lowest BCUT2D eigenvalue weighted by atomic mass is 9.72. The fourth-order valence-corrected chi connectivity index (χ4v) is 7.28. The Morgan fingerprint density at radius 2 is 1.80 bits per heavy atom. The maximum absolute atomic E-state index is 13.8. The number of phenols is 2. The number of aromatic hydroxyl groups is 2. The number of carbonyl (C=O) groups excluding carboxylic acids is 3. The maximum atomic E-state index is 13.8. The van der Waals surface area contributed by atoms with Crippen LogP contribution in [0, 0.1) is 0 Å². The van der Waals surface area contributed by atoms with Crippen LogP contribution in [-0.2, 0) is 20.7 Å². The molecule has 2 aromatic carbocycles. The number of hydrogen-bond donors (Lipinski definition) is 6. The topological polar surface area (TPSA) is 192 Å². The minimum absolute atomic E-state index is 0.0363. The van der Waals surface area contributed by atoms with E-state index in [0.717, 1.165) is 25.7 Å². The summed E-state index contributed by atoms with van der Waals surface area (Å²) in [6.45, 7) is 0.691. The zero-order valence-electron chi connectivity index (χ0n) is 24.5. The molecule has 0 amide bonds. The van der Waals surface area contributed by atoms with E-state index in [0.29, 0.717) is 0 Å². The second-order valence-corrected chi connectivity index (χ2v) is 12.3. The molecule has 1 saturated heterocycles. The fraction of sp³-hybridized carbons (Fsp3) is 0.531. The second-order valence-electron chi connectivity index (χ2n) is 12.3. The molecule has 0 aromatic heterocycles. The highest BCUT2D eigenvalue weighted by Crippen LogP contribution is 2.52. The van der Waals surface area contributed by atoms with Gasteiger partial charge < -0.3 is 45.1 Å². The van der Waals surface area contributed by atoms with Crippen molar-refractivity contribution in [2.45, 2.75) is 94.2 Å². The van der Waals surface area contributed by atoms with E-state index in [2.05, 4.69) is 5.32 Å². The highest BCUT2D eigenvalue weighted by atomic mass is 16.7. The van der Waals surface area contributed by atoms with Gasteiger partial charge in [0, 0.05) is 48.0 Å². The molecule has 4 unspecified atom stereocenters. The Morgan fingerprint density at radius 3 is 2.48 bits per heavy atom. The third-order valence-electron chi connectivity index (χ3n) is 9.57.